The van der Waals surface area contributed by atoms with Gasteiger partial charge in [-0.1, -0.05) is 322 Å². The minimum Gasteiger partial charge on any atom is -0.457 e. The smallest absolute Gasteiger partial charge is 0.164 e. The number of ether oxygens (including phenoxy) is 2. The Morgan fingerprint density at radius 1 is 0.172 bits per heavy atom. The van der Waals surface area contributed by atoms with Gasteiger partial charge in [-0.2, -0.15) is 0 Å². The normalized spacial score (nSPS) is 13.1. The molecule has 15 aromatic carbocycles. The van der Waals surface area contributed by atoms with Gasteiger partial charge in [-0.15, -0.1) is 0 Å². The van der Waals surface area contributed by atoms with Gasteiger partial charge < -0.3 is 9.47 Å². The summed E-state index contributed by atoms with van der Waals surface area (Å²) in [5.74, 6) is 5.56. The summed E-state index contributed by atoms with van der Waals surface area (Å²) in [7, 11) is 0. The molecule has 0 saturated heterocycles. The van der Waals surface area contributed by atoms with Crippen molar-refractivity contribution in [1.82, 2.24) is 34.9 Å². The second kappa shape index (κ2) is 26.6. The number of fused-ring (bicyclic) bond motifs is 19. The monoisotopic (exact) mass is 1480 g/mol. The Labute approximate surface area is 670 Å². The van der Waals surface area contributed by atoms with Gasteiger partial charge in [0.2, 0.25) is 0 Å². The molecule has 0 atom stereocenters. The predicted octanol–water partition coefficient (Wildman–Crippen LogP) is 25.9. The number of aromatic nitrogens is 7. The van der Waals surface area contributed by atoms with E-state index in [1.807, 2.05) is 54.6 Å². The molecular formula is C107H65N7O2. The summed E-state index contributed by atoms with van der Waals surface area (Å²) in [6.07, 6.45) is 0. The highest BCUT2D eigenvalue weighted by Gasteiger charge is 2.53. The first-order valence-corrected chi connectivity index (χ1v) is 39.2. The van der Waals surface area contributed by atoms with Gasteiger partial charge in [-0.25, -0.2) is 34.9 Å². The van der Waals surface area contributed by atoms with Crippen LogP contribution in [-0.4, -0.2) is 34.9 Å². The largest absolute Gasteiger partial charge is 0.457 e. The van der Waals surface area contributed by atoms with Crippen LogP contribution in [0.3, 0.4) is 0 Å². The Balaban J connectivity index is 0.559. The number of rotatable bonds is 11. The summed E-state index contributed by atoms with van der Waals surface area (Å²) >= 11 is 0. The molecule has 23 rings (SSSR count). The molecule has 540 valence electrons. The van der Waals surface area contributed by atoms with Gasteiger partial charge in [0.25, 0.3) is 0 Å². The van der Waals surface area contributed by atoms with Gasteiger partial charge >= 0.3 is 0 Å². The molecule has 9 nitrogen and oxygen atoms in total. The Morgan fingerprint density at radius 2 is 0.526 bits per heavy atom. The van der Waals surface area contributed by atoms with Crippen molar-refractivity contribution >= 4 is 10.9 Å². The fourth-order valence-electron chi connectivity index (χ4n) is 18.5. The van der Waals surface area contributed by atoms with Crippen molar-refractivity contribution in [2.45, 2.75) is 10.8 Å². The lowest BCUT2D eigenvalue weighted by molar-refractivity contribution is 0.436. The van der Waals surface area contributed by atoms with Crippen LogP contribution >= 0.6 is 0 Å². The van der Waals surface area contributed by atoms with Gasteiger partial charge in [-0.05, 0) is 134 Å². The third kappa shape index (κ3) is 10.5. The SMILES string of the molecule is c1ccc(-c2cc(-c3nc(-c4ccccc4)nc(-c4ccc5c(c4)C4(c6ccccc6O5)c5ccccc5-c5ccccc54)n3)cc(-c3ccc(-c4ccc(-c5ccc(-c6ccc(-c7nc(-c8ccc9c(c8)C8(c%10ccccc%10O9)c9ccccc9-c9ccccc98)nc8ccccc78)cc6)c(-c6ccccc6)n5)cc4)cc3)n2)cc1. The molecule has 0 radical (unpaired) electrons. The molecule has 0 saturated carbocycles. The van der Waals surface area contributed by atoms with E-state index in [9.17, 15) is 0 Å². The van der Waals surface area contributed by atoms with E-state index < -0.39 is 10.8 Å². The van der Waals surface area contributed by atoms with Gasteiger partial charge in [0.1, 0.15) is 23.0 Å². The number of pyridine rings is 2. The molecule has 2 spiro atoms. The maximum Gasteiger partial charge on any atom is 0.164 e. The number of hydrogen-bond donors (Lipinski definition) is 0. The molecule has 2 aliphatic carbocycles. The molecule has 0 bridgehead atoms. The number of benzene rings is 15. The predicted molar refractivity (Wildman–Crippen MR) is 463 cm³/mol. The lowest BCUT2D eigenvalue weighted by Crippen LogP contribution is -2.32. The summed E-state index contributed by atoms with van der Waals surface area (Å²) < 4.78 is 13.7. The molecule has 116 heavy (non-hydrogen) atoms. The zero-order chi connectivity index (χ0) is 76.4. The molecule has 0 unspecified atom stereocenters. The topological polar surface area (TPSA) is 109 Å². The third-order valence-corrected chi connectivity index (χ3v) is 23.7. The van der Waals surface area contributed by atoms with Crippen molar-refractivity contribution in [2.75, 3.05) is 0 Å². The molecule has 0 N–H and O–H groups in total. The lowest BCUT2D eigenvalue weighted by atomic mass is 9.66. The Bertz CT molecular complexity index is 7100. The second-order valence-electron chi connectivity index (χ2n) is 30.1. The molecule has 9 heteroatoms. The number of hydrogen-bond acceptors (Lipinski definition) is 9. The van der Waals surface area contributed by atoms with Crippen molar-refractivity contribution in [3.8, 4) is 169 Å². The molecule has 6 heterocycles. The Kier molecular flexibility index (Phi) is 15.2. The quantitative estimate of drug-likeness (QED) is 0.125. The van der Waals surface area contributed by atoms with E-state index in [0.29, 0.717) is 23.3 Å². The van der Waals surface area contributed by atoms with Crippen LogP contribution in [0.25, 0.3) is 157 Å². The molecule has 4 aromatic heterocycles. The summed E-state index contributed by atoms with van der Waals surface area (Å²) in [5.41, 5.74) is 30.4. The highest BCUT2D eigenvalue weighted by Crippen LogP contribution is 2.64. The number of para-hydroxylation sites is 3. The third-order valence-electron chi connectivity index (χ3n) is 23.7. The van der Waals surface area contributed by atoms with Gasteiger partial charge in [0.05, 0.1) is 44.8 Å². The zero-order valence-corrected chi connectivity index (χ0v) is 62.5. The van der Waals surface area contributed by atoms with Crippen molar-refractivity contribution in [3.63, 3.8) is 0 Å². The molecular weight excluding hydrogens is 1420 g/mol. The van der Waals surface area contributed by atoms with Crippen LogP contribution in [0.1, 0.15) is 44.5 Å². The summed E-state index contributed by atoms with van der Waals surface area (Å²) in [6, 6.07) is 139. The number of nitrogens with zero attached hydrogens (tertiary/aromatic N) is 7. The molecule has 0 fully saturated rings. The van der Waals surface area contributed by atoms with Crippen LogP contribution in [-0.2, 0) is 10.8 Å². The maximum atomic E-state index is 6.85. The van der Waals surface area contributed by atoms with E-state index in [2.05, 4.69) is 340 Å². The highest BCUT2D eigenvalue weighted by molar-refractivity contribution is 5.96. The first kappa shape index (κ1) is 66.3. The zero-order valence-electron chi connectivity index (χ0n) is 62.5. The first-order valence-electron chi connectivity index (χ1n) is 39.2. The average Bonchev–Trinajstić information content (AvgIpc) is 1.51. The standard InChI is InChI=1S/C107H65N7O2/c1-4-24-69(25-5-1)94-64-77(105-113-102(74-28-8-3-9-29-74)112-104(114-105)76-57-61-99-91(63-76)107(89-40-20-23-43-97(89)116-99)86-37-17-12-32-81(86)82-33-13-18-38-87(82)107)65-95(108-94)71-52-46-67(47-53-71)66-44-50-70(51-45-66)92-59-58-78(100(109-92)72-26-6-2-7-27-72)68-48-54-73(55-49-68)101-83-34-14-21-41-93(83)110-103(111-101)75-56-60-98-90(62-75)106(88-39-19-22-42-96(88)115-98)84-35-15-10-30-79(84)80-31-11-16-36-85(80)106/h1-65H. The fourth-order valence-corrected chi connectivity index (χ4v) is 18.5. The average molecular weight is 1480 g/mol. The fraction of sp³-hybridized carbons (Fsp3) is 0.0187. The van der Waals surface area contributed by atoms with Gasteiger partial charge in [-0.3, -0.25) is 0 Å². The van der Waals surface area contributed by atoms with E-state index in [4.69, 9.17) is 44.4 Å². The lowest BCUT2D eigenvalue weighted by Gasteiger charge is -2.39. The van der Waals surface area contributed by atoms with E-state index in [0.717, 1.165) is 157 Å². The van der Waals surface area contributed by atoms with Crippen LogP contribution in [0.2, 0.25) is 0 Å². The van der Waals surface area contributed by atoms with E-state index in [1.165, 1.54) is 44.5 Å². The summed E-state index contributed by atoms with van der Waals surface area (Å²) in [4.78, 5) is 37.7. The van der Waals surface area contributed by atoms with Crippen molar-refractivity contribution in [3.05, 3.63) is 439 Å². The Morgan fingerprint density at radius 3 is 1.04 bits per heavy atom. The van der Waals surface area contributed by atoms with Gasteiger partial charge in [0.15, 0.2) is 23.3 Å². The minimum absolute atomic E-state index is 0.525. The second-order valence-corrected chi connectivity index (χ2v) is 30.1. The van der Waals surface area contributed by atoms with E-state index in [-0.39, 0.29) is 0 Å². The van der Waals surface area contributed by atoms with Crippen molar-refractivity contribution in [1.29, 1.82) is 0 Å². The maximum absolute atomic E-state index is 6.85. The van der Waals surface area contributed by atoms with Crippen molar-refractivity contribution in [2.24, 2.45) is 0 Å². The molecule has 19 aromatic rings. The van der Waals surface area contributed by atoms with Gasteiger partial charge in [0, 0.05) is 83.3 Å². The minimum atomic E-state index is -0.667. The van der Waals surface area contributed by atoms with Crippen molar-refractivity contribution < 1.29 is 9.47 Å². The Hall–Kier alpha value is -15.5. The summed E-state index contributed by atoms with van der Waals surface area (Å²) in [6.45, 7) is 0. The van der Waals surface area contributed by atoms with Crippen LogP contribution in [0.15, 0.2) is 394 Å². The summed E-state index contributed by atoms with van der Waals surface area (Å²) in [5, 5.41) is 0.971. The van der Waals surface area contributed by atoms with E-state index in [1.54, 1.807) is 0 Å². The molecule has 0 amide bonds. The van der Waals surface area contributed by atoms with E-state index >= 15 is 0 Å². The molecule has 4 aliphatic rings. The molecule has 2 aliphatic heterocycles. The van der Waals surface area contributed by atoms with Crippen LogP contribution in [0.4, 0.5) is 0 Å². The highest BCUT2D eigenvalue weighted by atomic mass is 16.5. The van der Waals surface area contributed by atoms with Crippen LogP contribution < -0.4 is 9.47 Å². The first-order chi connectivity index (χ1) is 57.4. The van der Waals surface area contributed by atoms with Crippen LogP contribution in [0, 0.1) is 0 Å². The van der Waals surface area contributed by atoms with Crippen LogP contribution in [0.5, 0.6) is 23.0 Å².